The number of rotatable bonds is 3. The van der Waals surface area contributed by atoms with E-state index in [1.165, 1.54) is 6.07 Å². The topological polar surface area (TPSA) is 35.5 Å². The Morgan fingerprint density at radius 1 is 1.04 bits per heavy atom. The molecule has 3 nitrogen and oxygen atoms in total. The van der Waals surface area contributed by atoms with Crippen molar-refractivity contribution >= 4 is 27.4 Å². The molecule has 0 spiro atoms. The van der Waals surface area contributed by atoms with Crippen molar-refractivity contribution in [1.82, 2.24) is 0 Å². The Morgan fingerprint density at radius 2 is 1.76 bits per heavy atom. The lowest BCUT2D eigenvalue weighted by atomic mass is 10.0. The summed E-state index contributed by atoms with van der Waals surface area (Å²) in [7, 11) is 2.12. The molecule has 3 aromatic rings. The summed E-state index contributed by atoms with van der Waals surface area (Å²) in [5.41, 5.74) is -0.393. The number of carbonyl (C=O) groups is 1. The molecule has 0 fully saturated rings. The maximum atomic E-state index is 14.7. The fraction of sp³-hybridized carbons (Fsp3) is 0.118. The average Bonchev–Trinajstić information content (AvgIpc) is 2.96. The van der Waals surface area contributed by atoms with Crippen LogP contribution in [-0.2, 0) is 4.74 Å². The molecule has 0 saturated carbocycles. The second kappa shape index (κ2) is 6.36. The second-order valence-corrected chi connectivity index (χ2v) is 6.06. The smallest absolute Gasteiger partial charge is 0.348 e. The molecule has 0 radical (unpaired) electrons. The van der Waals surface area contributed by atoms with Crippen LogP contribution in [0.5, 0.6) is 5.75 Å². The maximum Gasteiger partial charge on any atom is 0.348 e. The van der Waals surface area contributed by atoms with Gasteiger partial charge in [-0.1, -0.05) is 0 Å². The highest BCUT2D eigenvalue weighted by Crippen LogP contribution is 2.43. The van der Waals surface area contributed by atoms with E-state index in [2.05, 4.69) is 9.47 Å². The van der Waals surface area contributed by atoms with Crippen LogP contribution in [0.3, 0.4) is 0 Å². The number of esters is 1. The first-order valence-electron chi connectivity index (χ1n) is 6.91. The highest BCUT2D eigenvalue weighted by molar-refractivity contribution is 7.21. The van der Waals surface area contributed by atoms with Crippen LogP contribution >= 0.6 is 11.3 Å². The number of halogens is 4. The zero-order chi connectivity index (χ0) is 18.3. The molecule has 0 atom stereocenters. The second-order valence-electron chi connectivity index (χ2n) is 5.01. The van der Waals surface area contributed by atoms with Crippen molar-refractivity contribution in [1.29, 1.82) is 0 Å². The normalized spacial score (nSPS) is 11.0. The lowest BCUT2D eigenvalue weighted by molar-refractivity contribution is 0.0607. The Bertz CT molecular complexity index is 997. The van der Waals surface area contributed by atoms with Crippen molar-refractivity contribution < 1.29 is 31.8 Å². The molecule has 0 amide bonds. The van der Waals surface area contributed by atoms with Gasteiger partial charge in [0.25, 0.3) is 0 Å². The molecule has 0 aliphatic heterocycles. The van der Waals surface area contributed by atoms with Crippen LogP contribution in [0.2, 0.25) is 0 Å². The Kier molecular flexibility index (Phi) is 4.38. The van der Waals surface area contributed by atoms with Gasteiger partial charge in [-0.3, -0.25) is 0 Å². The number of ether oxygens (including phenoxy) is 2. The highest BCUT2D eigenvalue weighted by Gasteiger charge is 2.27. The van der Waals surface area contributed by atoms with Crippen molar-refractivity contribution in [3.8, 4) is 16.9 Å². The molecule has 0 saturated heterocycles. The molecule has 0 aliphatic carbocycles. The quantitative estimate of drug-likeness (QED) is 0.373. The summed E-state index contributed by atoms with van der Waals surface area (Å²) in [6.45, 7) is 0. The van der Waals surface area contributed by atoms with Gasteiger partial charge < -0.3 is 9.47 Å². The molecule has 1 heterocycles. The summed E-state index contributed by atoms with van der Waals surface area (Å²) < 4.78 is 65.3. The van der Waals surface area contributed by atoms with Crippen LogP contribution in [-0.4, -0.2) is 20.2 Å². The lowest BCUT2D eigenvalue weighted by Gasteiger charge is -2.10. The van der Waals surface area contributed by atoms with E-state index in [9.17, 15) is 22.4 Å². The SMILES string of the molecule is COC(=O)c1sc2cc(F)ccc2c1-c1cc(F)c(F)c(OC)c1F. The van der Waals surface area contributed by atoms with Gasteiger partial charge in [0.05, 0.1) is 14.2 Å². The van der Waals surface area contributed by atoms with E-state index in [1.54, 1.807) is 0 Å². The van der Waals surface area contributed by atoms with Crippen molar-refractivity contribution in [2.24, 2.45) is 0 Å². The first-order valence-corrected chi connectivity index (χ1v) is 7.72. The number of hydrogen-bond acceptors (Lipinski definition) is 4. The third kappa shape index (κ3) is 2.72. The van der Waals surface area contributed by atoms with Crippen LogP contribution in [0.15, 0.2) is 24.3 Å². The molecule has 0 bridgehead atoms. The summed E-state index contributed by atoms with van der Waals surface area (Å²) in [5, 5.41) is 0.304. The molecule has 130 valence electrons. The van der Waals surface area contributed by atoms with E-state index in [1.807, 2.05) is 0 Å². The zero-order valence-electron chi connectivity index (χ0n) is 13.0. The largest absolute Gasteiger partial charge is 0.491 e. The molecule has 8 heteroatoms. The fourth-order valence-corrected chi connectivity index (χ4v) is 3.68. The molecule has 0 aliphatic rings. The molecular formula is C17H10F4O3S. The Labute approximate surface area is 143 Å². The predicted molar refractivity (Wildman–Crippen MR) is 85.0 cm³/mol. The summed E-state index contributed by atoms with van der Waals surface area (Å²) in [4.78, 5) is 12.0. The Hall–Kier alpha value is -2.61. The van der Waals surface area contributed by atoms with E-state index >= 15 is 0 Å². The van der Waals surface area contributed by atoms with Gasteiger partial charge in [0.2, 0.25) is 5.82 Å². The molecule has 25 heavy (non-hydrogen) atoms. The highest BCUT2D eigenvalue weighted by atomic mass is 32.1. The van der Waals surface area contributed by atoms with Crippen molar-refractivity contribution in [2.75, 3.05) is 14.2 Å². The zero-order valence-corrected chi connectivity index (χ0v) is 13.8. The van der Waals surface area contributed by atoms with Crippen LogP contribution < -0.4 is 4.74 Å². The maximum absolute atomic E-state index is 14.7. The Morgan fingerprint density at radius 3 is 2.40 bits per heavy atom. The summed E-state index contributed by atoms with van der Waals surface area (Å²) in [5.74, 6) is -6.26. The van der Waals surface area contributed by atoms with Gasteiger partial charge in [0.15, 0.2) is 17.4 Å². The minimum Gasteiger partial charge on any atom is -0.491 e. The van der Waals surface area contributed by atoms with Gasteiger partial charge in [-0.25, -0.2) is 18.0 Å². The number of fused-ring (bicyclic) bond motifs is 1. The average molecular weight is 370 g/mol. The molecule has 0 unspecified atom stereocenters. The molecule has 3 rings (SSSR count). The minimum atomic E-state index is -1.48. The van der Waals surface area contributed by atoms with E-state index in [0.717, 1.165) is 37.7 Å². The summed E-state index contributed by atoms with van der Waals surface area (Å²) in [6, 6.07) is 4.24. The first-order chi connectivity index (χ1) is 11.9. The van der Waals surface area contributed by atoms with E-state index in [-0.39, 0.29) is 16.0 Å². The van der Waals surface area contributed by atoms with Crippen LogP contribution in [0, 0.1) is 23.3 Å². The van der Waals surface area contributed by atoms with Gasteiger partial charge in [-0.05, 0) is 24.3 Å². The van der Waals surface area contributed by atoms with E-state index in [4.69, 9.17) is 0 Å². The molecule has 0 N–H and O–H groups in total. The third-order valence-corrected chi connectivity index (χ3v) is 4.74. The van der Waals surface area contributed by atoms with Crippen molar-refractivity contribution in [3.63, 3.8) is 0 Å². The van der Waals surface area contributed by atoms with Gasteiger partial charge in [0.1, 0.15) is 10.7 Å². The number of hydrogen-bond donors (Lipinski definition) is 0. The fourth-order valence-electron chi connectivity index (χ4n) is 2.52. The van der Waals surface area contributed by atoms with E-state index < -0.39 is 35.0 Å². The first kappa shape index (κ1) is 17.2. The van der Waals surface area contributed by atoms with Gasteiger partial charge in [-0.2, -0.15) is 4.39 Å². The monoisotopic (exact) mass is 370 g/mol. The molecule has 2 aromatic carbocycles. The van der Waals surface area contributed by atoms with Crippen LogP contribution in [0.1, 0.15) is 9.67 Å². The minimum absolute atomic E-state index is 0.0125. The summed E-state index contributed by atoms with van der Waals surface area (Å²) >= 11 is 0.860. The molecule has 1 aromatic heterocycles. The standard InChI is InChI=1S/C17H10F4O3S/c1-23-15-13(20)9(6-10(19)14(15)21)12-8-4-3-7(18)5-11(8)25-16(12)17(22)24-2/h3-6H,1-2H3. The molecular weight excluding hydrogens is 360 g/mol. The van der Waals surface area contributed by atoms with E-state index in [0.29, 0.717) is 16.2 Å². The van der Waals surface area contributed by atoms with Gasteiger partial charge in [0, 0.05) is 21.2 Å². The Balaban J connectivity index is 2.43. The number of benzene rings is 2. The lowest BCUT2D eigenvalue weighted by Crippen LogP contribution is -2.03. The number of methoxy groups -OCH3 is 2. The van der Waals surface area contributed by atoms with Crippen molar-refractivity contribution in [2.45, 2.75) is 0 Å². The third-order valence-electron chi connectivity index (χ3n) is 3.61. The number of carbonyl (C=O) groups excluding carboxylic acids is 1. The predicted octanol–water partition coefficient (Wildman–Crippen LogP) is 4.92. The van der Waals surface area contributed by atoms with Crippen LogP contribution in [0.4, 0.5) is 17.6 Å². The van der Waals surface area contributed by atoms with Crippen molar-refractivity contribution in [3.05, 3.63) is 52.4 Å². The van der Waals surface area contributed by atoms with Crippen LogP contribution in [0.25, 0.3) is 21.2 Å². The summed E-state index contributed by atoms with van der Waals surface area (Å²) in [6.07, 6.45) is 0. The number of thiophene rings is 1. The van der Waals surface area contributed by atoms with Gasteiger partial charge >= 0.3 is 5.97 Å². The van der Waals surface area contributed by atoms with Gasteiger partial charge in [-0.15, -0.1) is 11.3 Å².